The number of hydrogen-bond acceptors (Lipinski definition) is 6. The van der Waals surface area contributed by atoms with Gasteiger partial charge in [0.15, 0.2) is 0 Å². The molecule has 4 heterocycles. The van der Waals surface area contributed by atoms with Crippen LogP contribution < -0.4 is 20.1 Å². The highest BCUT2D eigenvalue weighted by molar-refractivity contribution is 6.13. The van der Waals surface area contributed by atoms with Crippen LogP contribution in [0, 0.1) is 11.6 Å². The van der Waals surface area contributed by atoms with Gasteiger partial charge in [-0.15, -0.1) is 0 Å². The molecule has 0 aliphatic carbocycles. The molecule has 10 heteroatoms. The van der Waals surface area contributed by atoms with Crippen molar-refractivity contribution in [3.8, 4) is 45.1 Å². The summed E-state index contributed by atoms with van der Waals surface area (Å²) in [6.07, 6.45) is 5.50. The van der Waals surface area contributed by atoms with E-state index in [4.69, 9.17) is 14.2 Å². The Morgan fingerprint density at radius 2 is 1.04 bits per heavy atom. The van der Waals surface area contributed by atoms with Gasteiger partial charge in [-0.05, 0) is 131 Å². The molecule has 0 fully saturated rings. The molecule has 0 bridgehead atoms. The largest absolute Gasteiger partial charge is 0.488 e. The van der Waals surface area contributed by atoms with Crippen LogP contribution in [0.4, 0.5) is 8.78 Å². The van der Waals surface area contributed by atoms with Gasteiger partial charge in [-0.1, -0.05) is 78.9 Å². The zero-order valence-corrected chi connectivity index (χ0v) is 37.3. The lowest BCUT2D eigenvalue weighted by Gasteiger charge is -2.17. The van der Waals surface area contributed by atoms with Gasteiger partial charge in [-0.25, -0.2) is 13.6 Å². The highest BCUT2D eigenvalue weighted by Crippen LogP contribution is 2.50. The summed E-state index contributed by atoms with van der Waals surface area (Å²) in [5, 5.41) is 8.51. The van der Waals surface area contributed by atoms with Crippen LogP contribution in [0.3, 0.4) is 0 Å². The van der Waals surface area contributed by atoms with Crippen molar-refractivity contribution in [3.63, 3.8) is 0 Å². The monoisotopic (exact) mass is 900 g/mol. The SMILES string of the molecule is COC(=O)c1ccc(-c2c(C3=CNCC3)n(-c3ccc(F)cc3)c3cccc(OCc4ccccc4)c23)cc1-c1c(C2=CNCC2)n(-c2ccc(F)cc2)c2cccc(OCc3ccccc3)c12. The average molecular weight is 901 g/mol. The van der Waals surface area contributed by atoms with E-state index < -0.39 is 5.97 Å². The highest BCUT2D eigenvalue weighted by Gasteiger charge is 2.32. The Hall–Kier alpha value is -8.37. The number of carbonyl (C=O) groups is 1. The number of aromatic nitrogens is 2. The van der Waals surface area contributed by atoms with Crippen molar-refractivity contribution in [2.75, 3.05) is 20.2 Å². The molecule has 0 radical (unpaired) electrons. The van der Waals surface area contributed by atoms with Crippen LogP contribution in [0.1, 0.15) is 45.7 Å². The second-order valence-electron chi connectivity index (χ2n) is 16.9. The second-order valence-corrected chi connectivity index (χ2v) is 16.9. The minimum Gasteiger partial charge on any atom is -0.488 e. The third-order valence-corrected chi connectivity index (χ3v) is 12.8. The van der Waals surface area contributed by atoms with Gasteiger partial charge in [-0.3, -0.25) is 0 Å². The topological polar surface area (TPSA) is 78.7 Å². The number of nitrogens with zero attached hydrogens (tertiary/aromatic N) is 2. The van der Waals surface area contributed by atoms with Gasteiger partial charge in [-0.2, -0.15) is 0 Å². The fourth-order valence-electron chi connectivity index (χ4n) is 9.71. The summed E-state index contributed by atoms with van der Waals surface area (Å²) in [5.74, 6) is 0.0881. The number of benzene rings is 7. The number of hydrogen-bond donors (Lipinski definition) is 2. The molecule has 8 nitrogen and oxygen atoms in total. The van der Waals surface area contributed by atoms with Gasteiger partial charge < -0.3 is 34.0 Å². The highest BCUT2D eigenvalue weighted by atomic mass is 19.1. The van der Waals surface area contributed by atoms with Crippen molar-refractivity contribution in [1.82, 2.24) is 19.8 Å². The Kier molecular flexibility index (Phi) is 11.3. The first kappa shape index (κ1) is 42.3. The lowest BCUT2D eigenvalue weighted by Crippen LogP contribution is -2.06. The zero-order valence-electron chi connectivity index (χ0n) is 37.3. The third-order valence-electron chi connectivity index (χ3n) is 12.8. The molecule has 0 atom stereocenters. The van der Waals surface area contributed by atoms with E-state index in [1.54, 1.807) is 24.3 Å². The van der Waals surface area contributed by atoms with Crippen LogP contribution in [0.2, 0.25) is 0 Å². The number of methoxy groups -OCH3 is 1. The van der Waals surface area contributed by atoms with Crippen molar-refractivity contribution in [2.45, 2.75) is 26.1 Å². The molecule has 0 saturated carbocycles. The quantitative estimate of drug-likeness (QED) is 0.112. The number of ether oxygens (including phenoxy) is 3. The molecule has 7 aromatic carbocycles. The van der Waals surface area contributed by atoms with Crippen LogP contribution in [0.15, 0.2) is 176 Å². The fourth-order valence-corrected chi connectivity index (χ4v) is 9.71. The normalized spacial score (nSPS) is 13.3. The van der Waals surface area contributed by atoms with E-state index in [2.05, 4.69) is 38.1 Å². The summed E-state index contributed by atoms with van der Waals surface area (Å²) in [6, 6.07) is 51.0. The van der Waals surface area contributed by atoms with Crippen molar-refractivity contribution in [2.24, 2.45) is 0 Å². The van der Waals surface area contributed by atoms with Crippen LogP contribution >= 0.6 is 0 Å². The molecule has 2 aliphatic rings. The summed E-state index contributed by atoms with van der Waals surface area (Å²) < 4.78 is 52.9. The summed E-state index contributed by atoms with van der Waals surface area (Å²) in [6.45, 7) is 2.08. The number of nitrogens with one attached hydrogen (secondary N) is 2. The zero-order chi connectivity index (χ0) is 46.1. The van der Waals surface area contributed by atoms with Crippen LogP contribution in [0.25, 0.3) is 66.6 Å². The summed E-state index contributed by atoms with van der Waals surface area (Å²) >= 11 is 0. The smallest absolute Gasteiger partial charge is 0.338 e. The lowest BCUT2D eigenvalue weighted by molar-refractivity contribution is 0.0601. The van der Waals surface area contributed by atoms with Gasteiger partial charge in [0.1, 0.15) is 36.3 Å². The summed E-state index contributed by atoms with van der Waals surface area (Å²) in [4.78, 5) is 14.3. The first-order chi connectivity index (χ1) is 33.4. The van der Waals surface area contributed by atoms with Crippen molar-refractivity contribution in [3.05, 3.63) is 216 Å². The van der Waals surface area contributed by atoms with Gasteiger partial charge in [0.25, 0.3) is 0 Å². The number of carbonyl (C=O) groups excluding carboxylic acids is 1. The summed E-state index contributed by atoms with van der Waals surface area (Å²) in [7, 11) is 1.39. The van der Waals surface area contributed by atoms with Crippen molar-refractivity contribution < 1.29 is 27.8 Å². The first-order valence-corrected chi connectivity index (χ1v) is 22.7. The predicted octanol–water partition coefficient (Wildman–Crippen LogP) is 12.8. The molecule has 2 aliphatic heterocycles. The predicted molar refractivity (Wildman–Crippen MR) is 265 cm³/mol. The van der Waals surface area contributed by atoms with E-state index in [-0.39, 0.29) is 11.6 Å². The number of fused-ring (bicyclic) bond motifs is 2. The molecule has 2 aromatic heterocycles. The molecule has 0 unspecified atom stereocenters. The third kappa shape index (κ3) is 7.73. The maximum Gasteiger partial charge on any atom is 0.338 e. The number of halogens is 2. The Balaban J connectivity index is 1.24. The lowest BCUT2D eigenvalue weighted by atomic mass is 9.89. The van der Waals surface area contributed by atoms with Crippen molar-refractivity contribution >= 4 is 38.9 Å². The Morgan fingerprint density at radius 3 is 1.51 bits per heavy atom. The van der Waals surface area contributed by atoms with Crippen LogP contribution in [-0.2, 0) is 18.0 Å². The molecular weight excluding hydrogens is 855 g/mol. The van der Waals surface area contributed by atoms with Gasteiger partial charge in [0.2, 0.25) is 0 Å². The maximum atomic E-state index is 14.7. The van der Waals surface area contributed by atoms with E-state index in [1.165, 1.54) is 31.4 Å². The van der Waals surface area contributed by atoms with Gasteiger partial charge >= 0.3 is 5.97 Å². The van der Waals surface area contributed by atoms with E-state index in [9.17, 15) is 13.6 Å². The molecule has 2 N–H and O–H groups in total. The fraction of sp³-hybridized carbons (Fsp3) is 0.121. The van der Waals surface area contributed by atoms with E-state index in [0.717, 1.165) is 96.5 Å². The molecule has 0 amide bonds. The molecule has 11 rings (SSSR count). The molecule has 336 valence electrons. The molecule has 0 saturated heterocycles. The molecular formula is C58H46F2N4O4. The average Bonchev–Trinajstić information content (AvgIpc) is 4.22. The number of esters is 1. The molecule has 9 aromatic rings. The second kappa shape index (κ2) is 18.1. The number of rotatable bonds is 13. The minimum atomic E-state index is -0.509. The van der Waals surface area contributed by atoms with Crippen LogP contribution in [-0.4, -0.2) is 35.3 Å². The Bertz CT molecular complexity index is 3410. The van der Waals surface area contributed by atoms with Gasteiger partial charge in [0.05, 0.1) is 45.9 Å². The van der Waals surface area contributed by atoms with E-state index in [0.29, 0.717) is 48.8 Å². The van der Waals surface area contributed by atoms with Crippen molar-refractivity contribution in [1.29, 1.82) is 0 Å². The maximum absolute atomic E-state index is 14.7. The van der Waals surface area contributed by atoms with Crippen LogP contribution in [0.5, 0.6) is 11.5 Å². The van der Waals surface area contributed by atoms with Gasteiger partial charge in [0, 0.05) is 48.0 Å². The molecule has 68 heavy (non-hydrogen) atoms. The minimum absolute atomic E-state index is 0.297. The standard InChI is InChI=1S/C58H46F2N4O4/c1-66-58(65)46-27-18-39(52-54-48(14-8-16-50(54)67-35-37-10-4-2-5-11-37)63(44-23-19-42(59)20-24-44)56(52)40-28-30-61-33-40)32-47(46)53-55-49(15-9-17-51(55)68-36-38-12-6-3-7-13-38)64(45-25-21-43(60)22-26-45)57(53)41-29-31-62-34-41/h2-27,32-34,61-62H,28-31,35-36H2,1H3. The van der Waals surface area contributed by atoms with E-state index >= 15 is 0 Å². The summed E-state index contributed by atoms with van der Waals surface area (Å²) in [5.41, 5.74) is 12.4. The Morgan fingerprint density at radius 1 is 0.559 bits per heavy atom. The molecule has 0 spiro atoms. The first-order valence-electron chi connectivity index (χ1n) is 22.7. The van der Waals surface area contributed by atoms with E-state index in [1.807, 2.05) is 109 Å². The Labute approximate surface area is 392 Å².